The highest BCUT2D eigenvalue weighted by atomic mass is 32.1. The van der Waals surface area contributed by atoms with Crippen LogP contribution in [0.25, 0.3) is 0 Å². The summed E-state index contributed by atoms with van der Waals surface area (Å²) in [6.07, 6.45) is 0.111. The smallest absolute Gasteiger partial charge is 0.226 e. The number of nitrogens with zero attached hydrogens (tertiary/aromatic N) is 2. The van der Waals surface area contributed by atoms with Crippen LogP contribution in [-0.4, -0.2) is 16.1 Å². The molecule has 2 aromatic rings. The lowest BCUT2D eigenvalue weighted by Gasteiger charge is -2.11. The average Bonchev–Trinajstić information content (AvgIpc) is 2.65. The second-order valence-electron chi connectivity index (χ2n) is 5.14. The molecule has 0 saturated heterocycles. The highest BCUT2D eigenvalue weighted by molar-refractivity contribution is 7.12. The number of rotatable bonds is 5. The molecule has 0 aromatic carbocycles. The number of nitrogens with one attached hydrogen (secondary N) is 1. The maximum absolute atomic E-state index is 5.62. The molecule has 0 aliphatic rings. The van der Waals surface area contributed by atoms with Gasteiger partial charge < -0.3 is 10.1 Å². The topological polar surface area (TPSA) is 47.0 Å². The van der Waals surface area contributed by atoms with Gasteiger partial charge in [-0.25, -0.2) is 4.98 Å². The third-order valence-electron chi connectivity index (χ3n) is 2.82. The lowest BCUT2D eigenvalue weighted by Crippen LogP contribution is -2.10. The first-order chi connectivity index (χ1) is 9.44. The predicted molar refractivity (Wildman–Crippen MR) is 83.7 cm³/mol. The fourth-order valence-electron chi connectivity index (χ4n) is 1.82. The molecule has 0 aliphatic carbocycles. The van der Waals surface area contributed by atoms with Gasteiger partial charge in [0.05, 0.1) is 12.6 Å². The first-order valence-corrected chi connectivity index (χ1v) is 7.58. The van der Waals surface area contributed by atoms with Gasteiger partial charge in [-0.05, 0) is 46.2 Å². The van der Waals surface area contributed by atoms with Gasteiger partial charge in [0.2, 0.25) is 11.8 Å². The molecule has 5 heteroatoms. The van der Waals surface area contributed by atoms with Gasteiger partial charge >= 0.3 is 0 Å². The molecule has 2 rings (SSSR count). The Bertz CT molecular complexity index is 573. The van der Waals surface area contributed by atoms with Crippen LogP contribution in [0.15, 0.2) is 12.1 Å². The molecule has 1 N–H and O–H groups in total. The molecule has 0 spiro atoms. The van der Waals surface area contributed by atoms with Crippen LogP contribution < -0.4 is 10.1 Å². The van der Waals surface area contributed by atoms with Crippen molar-refractivity contribution < 1.29 is 4.74 Å². The average molecular weight is 291 g/mol. The van der Waals surface area contributed by atoms with Crippen LogP contribution in [0.2, 0.25) is 0 Å². The Hall–Kier alpha value is -1.62. The Morgan fingerprint density at radius 3 is 2.55 bits per heavy atom. The van der Waals surface area contributed by atoms with E-state index in [9.17, 15) is 0 Å². The zero-order valence-corrected chi connectivity index (χ0v) is 13.5. The highest BCUT2D eigenvalue weighted by Gasteiger charge is 2.06. The van der Waals surface area contributed by atoms with Crippen molar-refractivity contribution in [2.45, 2.75) is 47.3 Å². The lowest BCUT2D eigenvalue weighted by atomic mass is 10.3. The molecule has 0 bridgehead atoms. The minimum Gasteiger partial charge on any atom is -0.475 e. The second-order valence-corrected chi connectivity index (χ2v) is 6.48. The van der Waals surface area contributed by atoms with E-state index < -0.39 is 0 Å². The van der Waals surface area contributed by atoms with Crippen molar-refractivity contribution in [3.63, 3.8) is 0 Å². The van der Waals surface area contributed by atoms with E-state index in [2.05, 4.69) is 35.2 Å². The summed E-state index contributed by atoms with van der Waals surface area (Å²) in [6, 6.07) is 4.05. The number of ether oxygens (including phenoxy) is 1. The van der Waals surface area contributed by atoms with Crippen molar-refractivity contribution >= 4 is 17.3 Å². The lowest BCUT2D eigenvalue weighted by molar-refractivity contribution is 0.232. The molecule has 0 atom stereocenters. The molecule has 0 unspecified atom stereocenters. The first kappa shape index (κ1) is 14.8. The summed E-state index contributed by atoms with van der Waals surface area (Å²) < 4.78 is 5.62. The van der Waals surface area contributed by atoms with Crippen LogP contribution in [-0.2, 0) is 6.54 Å². The molecule has 108 valence electrons. The highest BCUT2D eigenvalue weighted by Crippen LogP contribution is 2.21. The largest absolute Gasteiger partial charge is 0.475 e. The molecule has 4 nitrogen and oxygen atoms in total. The molecule has 0 fully saturated rings. The number of aromatic nitrogens is 2. The first-order valence-electron chi connectivity index (χ1n) is 6.76. The van der Waals surface area contributed by atoms with E-state index in [0.717, 1.165) is 12.2 Å². The van der Waals surface area contributed by atoms with E-state index >= 15 is 0 Å². The van der Waals surface area contributed by atoms with Gasteiger partial charge in [-0.3, -0.25) is 0 Å². The van der Waals surface area contributed by atoms with Gasteiger partial charge in [-0.1, -0.05) is 0 Å². The molecule has 0 saturated carbocycles. The van der Waals surface area contributed by atoms with Gasteiger partial charge in [0.25, 0.3) is 0 Å². The Kier molecular flexibility index (Phi) is 4.60. The van der Waals surface area contributed by atoms with Crippen molar-refractivity contribution in [2.75, 3.05) is 5.32 Å². The van der Waals surface area contributed by atoms with E-state index in [4.69, 9.17) is 4.74 Å². The van der Waals surface area contributed by atoms with E-state index in [1.165, 1.54) is 15.3 Å². The number of hydrogen-bond acceptors (Lipinski definition) is 5. The van der Waals surface area contributed by atoms with Crippen LogP contribution in [0.5, 0.6) is 5.88 Å². The van der Waals surface area contributed by atoms with Crippen molar-refractivity contribution in [3.8, 4) is 5.88 Å². The maximum Gasteiger partial charge on any atom is 0.226 e. The van der Waals surface area contributed by atoms with Gasteiger partial charge in [-0.2, -0.15) is 4.98 Å². The van der Waals surface area contributed by atoms with Crippen LogP contribution in [0.4, 0.5) is 5.95 Å². The summed E-state index contributed by atoms with van der Waals surface area (Å²) in [7, 11) is 0. The van der Waals surface area contributed by atoms with Gasteiger partial charge in [0.1, 0.15) is 0 Å². The Balaban J connectivity index is 2.07. The molecule has 0 radical (unpaired) electrons. The SMILES string of the molecule is Cc1cc(OC(C)C)nc(NCc2cc(C)c(C)s2)n1. The molecule has 2 aromatic heterocycles. The summed E-state index contributed by atoms with van der Waals surface area (Å²) in [5, 5.41) is 3.26. The summed E-state index contributed by atoms with van der Waals surface area (Å²) in [5.74, 6) is 1.23. The Morgan fingerprint density at radius 2 is 1.95 bits per heavy atom. The number of thiophene rings is 1. The van der Waals surface area contributed by atoms with Crippen molar-refractivity contribution in [3.05, 3.63) is 33.1 Å². The second kappa shape index (κ2) is 6.22. The number of aryl methyl sites for hydroxylation is 3. The summed E-state index contributed by atoms with van der Waals surface area (Å²) in [5.41, 5.74) is 2.23. The molecule has 0 aliphatic heterocycles. The summed E-state index contributed by atoms with van der Waals surface area (Å²) >= 11 is 1.80. The summed E-state index contributed by atoms with van der Waals surface area (Å²) in [4.78, 5) is 11.4. The predicted octanol–water partition coefficient (Wildman–Crippen LogP) is 3.86. The van der Waals surface area contributed by atoms with E-state index in [0.29, 0.717) is 11.8 Å². The minimum atomic E-state index is 0.111. The number of anilines is 1. The van der Waals surface area contributed by atoms with E-state index in [1.807, 2.05) is 26.8 Å². The normalized spacial score (nSPS) is 10.9. The summed E-state index contributed by atoms with van der Waals surface area (Å²) in [6.45, 7) is 10.9. The van der Waals surface area contributed by atoms with Crippen LogP contribution >= 0.6 is 11.3 Å². The monoisotopic (exact) mass is 291 g/mol. The van der Waals surface area contributed by atoms with Gasteiger partial charge in [0.15, 0.2) is 0 Å². The van der Waals surface area contributed by atoms with E-state index in [1.54, 1.807) is 11.3 Å². The maximum atomic E-state index is 5.62. The Labute approximate surface area is 124 Å². The molecular formula is C15H21N3OS. The van der Waals surface area contributed by atoms with Crippen molar-refractivity contribution in [2.24, 2.45) is 0 Å². The molecule has 0 amide bonds. The third-order valence-corrected chi connectivity index (χ3v) is 3.98. The zero-order chi connectivity index (χ0) is 14.7. The number of hydrogen-bond donors (Lipinski definition) is 1. The standard InChI is InChI=1S/C15H21N3OS/c1-9(2)19-14-7-11(4)17-15(18-14)16-8-13-6-10(3)12(5)20-13/h6-7,9H,8H2,1-5H3,(H,16,17,18). The molecule has 2 heterocycles. The molecular weight excluding hydrogens is 270 g/mol. The zero-order valence-electron chi connectivity index (χ0n) is 12.7. The van der Waals surface area contributed by atoms with Crippen LogP contribution in [0.3, 0.4) is 0 Å². The minimum absolute atomic E-state index is 0.111. The fraction of sp³-hybridized carbons (Fsp3) is 0.467. The van der Waals surface area contributed by atoms with Crippen molar-refractivity contribution in [1.29, 1.82) is 0 Å². The quantitative estimate of drug-likeness (QED) is 0.908. The van der Waals surface area contributed by atoms with Gasteiger partial charge in [0, 0.05) is 21.5 Å². The van der Waals surface area contributed by atoms with Crippen LogP contribution in [0, 0.1) is 20.8 Å². The third kappa shape index (κ3) is 3.93. The van der Waals surface area contributed by atoms with Crippen molar-refractivity contribution in [1.82, 2.24) is 9.97 Å². The Morgan fingerprint density at radius 1 is 1.20 bits per heavy atom. The van der Waals surface area contributed by atoms with E-state index in [-0.39, 0.29) is 6.10 Å². The van der Waals surface area contributed by atoms with Gasteiger partial charge in [-0.15, -0.1) is 11.3 Å². The molecule has 20 heavy (non-hydrogen) atoms. The fourth-order valence-corrected chi connectivity index (χ4v) is 2.82. The van der Waals surface area contributed by atoms with Crippen LogP contribution in [0.1, 0.15) is 34.9 Å².